The molecule has 5 heteroatoms. The summed E-state index contributed by atoms with van der Waals surface area (Å²) in [6.07, 6.45) is 6.13. The van der Waals surface area contributed by atoms with Crippen LogP contribution in [-0.4, -0.2) is 18.7 Å². The summed E-state index contributed by atoms with van der Waals surface area (Å²) in [4.78, 5) is 7.87. The van der Waals surface area contributed by atoms with E-state index in [-0.39, 0.29) is 0 Å². The molecule has 1 N–H and O–H groups in total. The monoisotopic (exact) mass is 200 g/mol. The van der Waals surface area contributed by atoms with Crippen LogP contribution in [0.4, 0.5) is 0 Å². The minimum Gasteiger partial charge on any atom is -0.306 e. The van der Waals surface area contributed by atoms with Crippen LogP contribution >= 0.6 is 0 Å². The Morgan fingerprint density at radius 2 is 2.38 bits per heavy atom. The van der Waals surface area contributed by atoms with E-state index >= 15 is 0 Å². The van der Waals surface area contributed by atoms with Gasteiger partial charge in [-0.3, -0.25) is 9.97 Å². The van der Waals surface area contributed by atoms with Gasteiger partial charge in [0, 0.05) is 18.6 Å². The van der Waals surface area contributed by atoms with Gasteiger partial charge in [-0.2, -0.15) is 0 Å². The molecule has 0 saturated carbocycles. The fraction of sp³-hybridized carbons (Fsp3) is 0.500. The Labute approximate surface area is 79.7 Å². The summed E-state index contributed by atoms with van der Waals surface area (Å²) in [5, 5.41) is -0.404. The molecule has 1 heterocycles. The maximum atomic E-state index is 10.9. The van der Waals surface area contributed by atoms with Gasteiger partial charge in [-0.15, -0.1) is 0 Å². The molecule has 0 spiro atoms. The number of hydrogen-bond acceptors (Lipinski definition) is 3. The van der Waals surface area contributed by atoms with Crippen molar-refractivity contribution < 1.29 is 8.76 Å². The highest BCUT2D eigenvalue weighted by atomic mass is 32.2. The van der Waals surface area contributed by atoms with E-state index in [1.165, 1.54) is 12.4 Å². The SMILES string of the molecule is CCCC(c1cnccn1)S(=O)O. The van der Waals surface area contributed by atoms with Gasteiger partial charge in [0.15, 0.2) is 11.1 Å². The fourth-order valence-electron chi connectivity index (χ4n) is 1.09. The molecule has 1 aromatic rings. The van der Waals surface area contributed by atoms with Crippen LogP contribution in [0, 0.1) is 0 Å². The van der Waals surface area contributed by atoms with Crippen molar-refractivity contribution in [3.8, 4) is 0 Å². The summed E-state index contributed by atoms with van der Waals surface area (Å²) in [5.74, 6) is 0. The van der Waals surface area contributed by atoms with Crippen LogP contribution in [0.15, 0.2) is 18.6 Å². The maximum Gasteiger partial charge on any atom is 0.162 e. The average Bonchev–Trinajstić information content (AvgIpc) is 2.15. The van der Waals surface area contributed by atoms with Crippen molar-refractivity contribution >= 4 is 11.1 Å². The maximum absolute atomic E-state index is 10.9. The third kappa shape index (κ3) is 2.86. The zero-order valence-corrected chi connectivity index (χ0v) is 8.20. The second-order valence-electron chi connectivity index (χ2n) is 2.68. The zero-order valence-electron chi connectivity index (χ0n) is 7.38. The lowest BCUT2D eigenvalue weighted by Gasteiger charge is -2.09. The lowest BCUT2D eigenvalue weighted by molar-refractivity contribution is 0.539. The van der Waals surface area contributed by atoms with E-state index in [9.17, 15) is 4.21 Å². The second kappa shape index (κ2) is 5.04. The van der Waals surface area contributed by atoms with Gasteiger partial charge in [-0.25, -0.2) is 4.21 Å². The molecule has 2 atom stereocenters. The summed E-state index contributed by atoms with van der Waals surface area (Å²) >= 11 is -1.86. The van der Waals surface area contributed by atoms with Crippen molar-refractivity contribution in [1.29, 1.82) is 0 Å². The van der Waals surface area contributed by atoms with Crippen LogP contribution < -0.4 is 0 Å². The number of nitrogens with zero attached hydrogens (tertiary/aromatic N) is 2. The summed E-state index contributed by atoms with van der Waals surface area (Å²) in [6.45, 7) is 1.97. The van der Waals surface area contributed by atoms with Crippen molar-refractivity contribution in [3.05, 3.63) is 24.3 Å². The van der Waals surface area contributed by atoms with Gasteiger partial charge in [0.1, 0.15) is 5.25 Å². The van der Waals surface area contributed by atoms with Gasteiger partial charge in [0.2, 0.25) is 0 Å². The Kier molecular flexibility index (Phi) is 3.98. The first-order chi connectivity index (χ1) is 6.25. The molecule has 72 valence electrons. The van der Waals surface area contributed by atoms with Gasteiger partial charge in [-0.05, 0) is 6.42 Å². The van der Waals surface area contributed by atoms with E-state index in [4.69, 9.17) is 4.55 Å². The van der Waals surface area contributed by atoms with Crippen LogP contribution in [0.3, 0.4) is 0 Å². The molecule has 0 amide bonds. The van der Waals surface area contributed by atoms with Crippen LogP contribution in [0.25, 0.3) is 0 Å². The molecule has 0 aliphatic heterocycles. The fourth-order valence-corrected chi connectivity index (χ4v) is 1.86. The van der Waals surface area contributed by atoms with Crippen LogP contribution in [0.1, 0.15) is 30.7 Å². The molecular weight excluding hydrogens is 188 g/mol. The van der Waals surface area contributed by atoms with Gasteiger partial charge >= 0.3 is 0 Å². The Morgan fingerprint density at radius 1 is 1.62 bits per heavy atom. The largest absolute Gasteiger partial charge is 0.306 e. The molecule has 0 fully saturated rings. The summed E-state index contributed by atoms with van der Waals surface area (Å²) < 4.78 is 19.9. The van der Waals surface area contributed by atoms with Crippen molar-refractivity contribution in [2.24, 2.45) is 0 Å². The Morgan fingerprint density at radius 3 is 2.85 bits per heavy atom. The molecule has 4 nitrogen and oxygen atoms in total. The molecule has 0 aliphatic rings. The van der Waals surface area contributed by atoms with E-state index in [2.05, 4.69) is 9.97 Å². The first-order valence-electron chi connectivity index (χ1n) is 4.11. The van der Waals surface area contributed by atoms with E-state index in [0.717, 1.165) is 6.42 Å². The molecule has 13 heavy (non-hydrogen) atoms. The molecule has 0 aliphatic carbocycles. The predicted octanol–water partition coefficient (Wildman–Crippen LogP) is 1.54. The highest BCUT2D eigenvalue weighted by Gasteiger charge is 2.17. The first kappa shape index (κ1) is 10.3. The Bertz CT molecular complexity index is 279. The van der Waals surface area contributed by atoms with Crippen LogP contribution in [-0.2, 0) is 11.1 Å². The average molecular weight is 200 g/mol. The topological polar surface area (TPSA) is 63.1 Å². The normalized spacial score (nSPS) is 15.2. The van der Waals surface area contributed by atoms with E-state index < -0.39 is 16.3 Å². The van der Waals surface area contributed by atoms with E-state index in [0.29, 0.717) is 12.1 Å². The third-order valence-electron chi connectivity index (χ3n) is 1.71. The highest BCUT2D eigenvalue weighted by molar-refractivity contribution is 7.79. The molecule has 1 aromatic heterocycles. The smallest absolute Gasteiger partial charge is 0.162 e. The van der Waals surface area contributed by atoms with Crippen molar-refractivity contribution in [1.82, 2.24) is 9.97 Å². The lowest BCUT2D eigenvalue weighted by Crippen LogP contribution is -2.07. The molecular formula is C8H12N2O2S. The molecule has 0 bridgehead atoms. The lowest BCUT2D eigenvalue weighted by atomic mass is 10.2. The molecule has 0 aromatic carbocycles. The summed E-state index contributed by atoms with van der Waals surface area (Å²) in [7, 11) is 0. The van der Waals surface area contributed by atoms with Crippen LogP contribution in [0.5, 0.6) is 0 Å². The van der Waals surface area contributed by atoms with Gasteiger partial charge in [0.05, 0.1) is 5.69 Å². The number of hydrogen-bond donors (Lipinski definition) is 1. The highest BCUT2D eigenvalue weighted by Crippen LogP contribution is 2.20. The predicted molar refractivity (Wildman–Crippen MR) is 50.5 cm³/mol. The zero-order chi connectivity index (χ0) is 9.68. The van der Waals surface area contributed by atoms with Crippen molar-refractivity contribution in [3.63, 3.8) is 0 Å². The van der Waals surface area contributed by atoms with Crippen LogP contribution in [0.2, 0.25) is 0 Å². The summed E-state index contributed by atoms with van der Waals surface area (Å²) in [5.41, 5.74) is 0.588. The van der Waals surface area contributed by atoms with Gasteiger partial charge < -0.3 is 4.55 Å². The van der Waals surface area contributed by atoms with E-state index in [1.807, 2.05) is 6.92 Å². The number of aromatic nitrogens is 2. The molecule has 0 saturated heterocycles. The Hall–Kier alpha value is -0.810. The third-order valence-corrected chi connectivity index (χ3v) is 2.67. The standard InChI is InChI=1S/C8H12N2O2S/c1-2-3-8(13(11)12)7-6-9-4-5-10-7/h4-6,8H,2-3H2,1H3,(H,11,12). The van der Waals surface area contributed by atoms with Gasteiger partial charge in [0.25, 0.3) is 0 Å². The quantitative estimate of drug-likeness (QED) is 0.749. The first-order valence-corrected chi connectivity index (χ1v) is 5.28. The summed E-state index contributed by atoms with van der Waals surface area (Å²) in [6, 6.07) is 0. The minimum atomic E-state index is -1.86. The molecule has 2 unspecified atom stereocenters. The minimum absolute atomic E-state index is 0.404. The molecule has 1 rings (SSSR count). The van der Waals surface area contributed by atoms with Crippen molar-refractivity contribution in [2.45, 2.75) is 25.0 Å². The second-order valence-corrected chi connectivity index (χ2v) is 3.81. The molecule has 0 radical (unpaired) electrons. The van der Waals surface area contributed by atoms with Gasteiger partial charge in [-0.1, -0.05) is 13.3 Å². The number of rotatable bonds is 4. The van der Waals surface area contributed by atoms with Crippen molar-refractivity contribution in [2.75, 3.05) is 0 Å². The Balaban J connectivity index is 2.82. The van der Waals surface area contributed by atoms with E-state index in [1.54, 1.807) is 6.20 Å².